The quantitative estimate of drug-likeness (QED) is 0.824. The number of aromatic nitrogens is 2. The smallest absolute Gasteiger partial charge is 0.340 e. The molecule has 0 atom stereocenters. The van der Waals surface area contributed by atoms with Gasteiger partial charge in [0.25, 0.3) is 0 Å². The van der Waals surface area contributed by atoms with E-state index < -0.39 is 23.2 Å². The SMILES string of the molecule is COC(=O)c1ccc(NCCc2cnc[nH]2)c(F)c1F. The first-order valence-electron chi connectivity index (χ1n) is 5.91. The fraction of sp³-hybridized carbons (Fsp3) is 0.231. The zero-order chi connectivity index (χ0) is 14.5. The number of rotatable bonds is 5. The maximum Gasteiger partial charge on any atom is 0.340 e. The van der Waals surface area contributed by atoms with Crippen LogP contribution in [0.2, 0.25) is 0 Å². The zero-order valence-electron chi connectivity index (χ0n) is 10.7. The highest BCUT2D eigenvalue weighted by Gasteiger charge is 2.18. The molecule has 0 radical (unpaired) electrons. The molecule has 1 aromatic heterocycles. The summed E-state index contributed by atoms with van der Waals surface area (Å²) in [5.74, 6) is -3.23. The van der Waals surface area contributed by atoms with Gasteiger partial charge in [-0.15, -0.1) is 0 Å². The summed E-state index contributed by atoms with van der Waals surface area (Å²) in [6, 6.07) is 2.49. The van der Waals surface area contributed by atoms with E-state index in [9.17, 15) is 13.6 Å². The van der Waals surface area contributed by atoms with Crippen molar-refractivity contribution < 1.29 is 18.3 Å². The summed E-state index contributed by atoms with van der Waals surface area (Å²) in [7, 11) is 1.11. The molecular formula is C13H13F2N3O2. The Hall–Kier alpha value is -2.44. The Kier molecular flexibility index (Phi) is 4.29. The molecule has 2 rings (SSSR count). The van der Waals surface area contributed by atoms with Crippen LogP contribution in [0, 0.1) is 11.6 Å². The van der Waals surface area contributed by atoms with Crippen LogP contribution in [0.3, 0.4) is 0 Å². The van der Waals surface area contributed by atoms with Crippen LogP contribution in [0.15, 0.2) is 24.7 Å². The number of nitrogens with one attached hydrogen (secondary N) is 2. The van der Waals surface area contributed by atoms with Crippen LogP contribution in [0.1, 0.15) is 16.1 Å². The molecule has 106 valence electrons. The lowest BCUT2D eigenvalue weighted by Crippen LogP contribution is -2.11. The van der Waals surface area contributed by atoms with Crippen molar-refractivity contribution in [2.45, 2.75) is 6.42 Å². The lowest BCUT2D eigenvalue weighted by Gasteiger charge is -2.09. The number of esters is 1. The second-order valence-electron chi connectivity index (χ2n) is 4.03. The largest absolute Gasteiger partial charge is 0.465 e. The van der Waals surface area contributed by atoms with Gasteiger partial charge in [-0.3, -0.25) is 0 Å². The van der Waals surface area contributed by atoms with Gasteiger partial charge in [0.1, 0.15) is 0 Å². The summed E-state index contributed by atoms with van der Waals surface area (Å²) in [4.78, 5) is 18.0. The standard InChI is InChI=1S/C13H13F2N3O2/c1-20-13(19)9-2-3-10(12(15)11(9)14)17-5-4-8-6-16-7-18-8/h2-3,6-7,17H,4-5H2,1H3,(H,16,18). The Bertz CT molecular complexity index is 600. The Labute approximate surface area is 114 Å². The van der Waals surface area contributed by atoms with E-state index in [1.165, 1.54) is 12.1 Å². The van der Waals surface area contributed by atoms with Crippen molar-refractivity contribution in [2.24, 2.45) is 0 Å². The molecule has 5 nitrogen and oxygen atoms in total. The lowest BCUT2D eigenvalue weighted by atomic mass is 10.1. The number of imidazole rings is 1. The lowest BCUT2D eigenvalue weighted by molar-refractivity contribution is 0.0594. The summed E-state index contributed by atoms with van der Waals surface area (Å²) in [5, 5.41) is 2.76. The monoisotopic (exact) mass is 281 g/mol. The predicted octanol–water partition coefficient (Wildman–Crippen LogP) is 2.13. The van der Waals surface area contributed by atoms with E-state index in [1.807, 2.05) is 0 Å². The number of H-pyrrole nitrogens is 1. The first-order chi connectivity index (χ1) is 9.63. The van der Waals surface area contributed by atoms with Gasteiger partial charge < -0.3 is 15.0 Å². The number of hydrogen-bond donors (Lipinski definition) is 2. The van der Waals surface area contributed by atoms with Gasteiger partial charge in [-0.2, -0.15) is 0 Å². The van der Waals surface area contributed by atoms with Crippen LogP contribution in [-0.4, -0.2) is 29.6 Å². The Morgan fingerprint density at radius 2 is 2.20 bits per heavy atom. The minimum absolute atomic E-state index is 0.00494. The van der Waals surface area contributed by atoms with Crippen LogP contribution < -0.4 is 5.32 Å². The normalized spacial score (nSPS) is 10.3. The minimum Gasteiger partial charge on any atom is -0.465 e. The molecule has 0 saturated heterocycles. The summed E-state index contributed by atoms with van der Waals surface area (Å²) >= 11 is 0. The number of halogens is 2. The maximum absolute atomic E-state index is 13.8. The van der Waals surface area contributed by atoms with Gasteiger partial charge in [-0.05, 0) is 12.1 Å². The molecule has 0 amide bonds. The first kappa shape index (κ1) is 14.0. The molecule has 0 spiro atoms. The average molecular weight is 281 g/mol. The predicted molar refractivity (Wildman–Crippen MR) is 68.5 cm³/mol. The number of carbonyl (C=O) groups excluding carboxylic acids is 1. The van der Waals surface area contributed by atoms with Crippen LogP contribution >= 0.6 is 0 Å². The van der Waals surface area contributed by atoms with Crippen molar-refractivity contribution in [1.82, 2.24) is 9.97 Å². The number of anilines is 1. The van der Waals surface area contributed by atoms with Crippen LogP contribution in [0.4, 0.5) is 14.5 Å². The third-order valence-corrected chi connectivity index (χ3v) is 2.75. The van der Waals surface area contributed by atoms with E-state index in [0.717, 1.165) is 12.8 Å². The molecule has 0 fully saturated rings. The van der Waals surface area contributed by atoms with E-state index in [2.05, 4.69) is 20.0 Å². The number of methoxy groups -OCH3 is 1. The summed E-state index contributed by atoms with van der Waals surface area (Å²) in [6.07, 6.45) is 3.78. The van der Waals surface area contributed by atoms with Crippen molar-refractivity contribution >= 4 is 11.7 Å². The Morgan fingerprint density at radius 3 is 2.85 bits per heavy atom. The fourth-order valence-corrected chi connectivity index (χ4v) is 1.71. The minimum atomic E-state index is -1.22. The third kappa shape index (κ3) is 2.93. The molecule has 0 aliphatic rings. The number of aromatic amines is 1. The number of carbonyl (C=O) groups is 1. The molecule has 0 unspecified atom stereocenters. The molecule has 2 aromatic rings. The highest BCUT2D eigenvalue weighted by molar-refractivity contribution is 5.90. The molecule has 7 heteroatoms. The van der Waals surface area contributed by atoms with Gasteiger partial charge in [-0.1, -0.05) is 0 Å². The molecule has 0 bridgehead atoms. The summed E-state index contributed by atoms with van der Waals surface area (Å²) in [6.45, 7) is 0.399. The summed E-state index contributed by atoms with van der Waals surface area (Å²) in [5.41, 5.74) is 0.448. The van der Waals surface area contributed by atoms with E-state index in [4.69, 9.17) is 0 Å². The Balaban J connectivity index is 2.05. The van der Waals surface area contributed by atoms with Crippen LogP contribution in [0.25, 0.3) is 0 Å². The van der Waals surface area contributed by atoms with Gasteiger partial charge in [0.2, 0.25) is 0 Å². The molecule has 2 N–H and O–H groups in total. The number of nitrogens with zero attached hydrogens (tertiary/aromatic N) is 1. The van der Waals surface area contributed by atoms with E-state index in [0.29, 0.717) is 13.0 Å². The van der Waals surface area contributed by atoms with Gasteiger partial charge in [0.15, 0.2) is 11.6 Å². The third-order valence-electron chi connectivity index (χ3n) is 2.75. The highest BCUT2D eigenvalue weighted by Crippen LogP contribution is 2.21. The number of ether oxygens (including phenoxy) is 1. The number of benzene rings is 1. The highest BCUT2D eigenvalue weighted by atomic mass is 19.2. The van der Waals surface area contributed by atoms with Crippen molar-refractivity contribution in [3.8, 4) is 0 Å². The number of hydrogen-bond acceptors (Lipinski definition) is 4. The van der Waals surface area contributed by atoms with E-state index >= 15 is 0 Å². The van der Waals surface area contributed by atoms with E-state index in [-0.39, 0.29) is 5.69 Å². The van der Waals surface area contributed by atoms with Gasteiger partial charge in [0.05, 0.1) is 24.7 Å². The van der Waals surface area contributed by atoms with Crippen LogP contribution in [-0.2, 0) is 11.2 Å². The Morgan fingerprint density at radius 1 is 1.40 bits per heavy atom. The van der Waals surface area contributed by atoms with Crippen LogP contribution in [0.5, 0.6) is 0 Å². The molecule has 0 aliphatic heterocycles. The molecule has 1 heterocycles. The topological polar surface area (TPSA) is 67.0 Å². The van der Waals surface area contributed by atoms with Crippen molar-refractivity contribution in [2.75, 3.05) is 19.0 Å². The molecule has 0 aliphatic carbocycles. The first-order valence-corrected chi connectivity index (χ1v) is 5.91. The maximum atomic E-state index is 13.8. The molecule has 1 aromatic carbocycles. The fourth-order valence-electron chi connectivity index (χ4n) is 1.71. The second kappa shape index (κ2) is 6.14. The average Bonchev–Trinajstić information content (AvgIpc) is 2.96. The van der Waals surface area contributed by atoms with Crippen molar-refractivity contribution in [3.63, 3.8) is 0 Å². The van der Waals surface area contributed by atoms with Crippen molar-refractivity contribution in [3.05, 3.63) is 47.5 Å². The van der Waals surface area contributed by atoms with Crippen molar-refractivity contribution in [1.29, 1.82) is 0 Å². The summed E-state index contributed by atoms with van der Waals surface area (Å²) < 4.78 is 31.8. The van der Waals surface area contributed by atoms with Gasteiger partial charge >= 0.3 is 5.97 Å². The van der Waals surface area contributed by atoms with Gasteiger partial charge in [-0.25, -0.2) is 18.6 Å². The van der Waals surface area contributed by atoms with E-state index in [1.54, 1.807) is 12.5 Å². The molecule has 20 heavy (non-hydrogen) atoms. The molecular weight excluding hydrogens is 268 g/mol. The molecule has 0 saturated carbocycles. The zero-order valence-corrected chi connectivity index (χ0v) is 10.7. The van der Waals surface area contributed by atoms with Gasteiger partial charge in [0, 0.05) is 24.9 Å². The second-order valence-corrected chi connectivity index (χ2v) is 4.03.